The smallest absolute Gasteiger partial charge is 0.410 e. The number of hydrogen-bond donors (Lipinski definition) is 3. The second-order valence-electron chi connectivity index (χ2n) is 9.21. The summed E-state index contributed by atoms with van der Waals surface area (Å²) in [5.74, 6) is 0.694. The molecule has 0 saturated carbocycles. The highest BCUT2D eigenvalue weighted by Crippen LogP contribution is 2.17. The minimum absolute atomic E-state index is 0. The van der Waals surface area contributed by atoms with Crippen molar-refractivity contribution in [3.63, 3.8) is 0 Å². The summed E-state index contributed by atoms with van der Waals surface area (Å²) in [5.41, 5.74) is 4.92. The lowest BCUT2D eigenvalue weighted by Gasteiger charge is -2.40. The van der Waals surface area contributed by atoms with Crippen molar-refractivity contribution in [2.24, 2.45) is 16.6 Å². The van der Waals surface area contributed by atoms with Crippen LogP contribution >= 0.6 is 24.0 Å². The normalized spacial score (nSPS) is 18.7. The van der Waals surface area contributed by atoms with E-state index in [2.05, 4.69) is 20.5 Å². The molecule has 180 valence electrons. The number of rotatable bonds is 8. The number of halogens is 1. The van der Waals surface area contributed by atoms with Gasteiger partial charge in [-0.2, -0.15) is 0 Å². The van der Waals surface area contributed by atoms with Crippen molar-refractivity contribution in [1.82, 2.24) is 20.4 Å². The highest BCUT2D eigenvalue weighted by Gasteiger charge is 2.34. The number of nitrogens with two attached hydrogens (primary N) is 1. The van der Waals surface area contributed by atoms with Crippen molar-refractivity contribution in [3.05, 3.63) is 0 Å². The zero-order valence-electron chi connectivity index (χ0n) is 19.5. The number of carbonyl (C=O) groups is 2. The van der Waals surface area contributed by atoms with Crippen LogP contribution in [0.1, 0.15) is 53.4 Å². The molecule has 2 fully saturated rings. The molecule has 10 heteroatoms. The third kappa shape index (κ3) is 10.2. The van der Waals surface area contributed by atoms with Gasteiger partial charge in [-0.05, 0) is 73.0 Å². The molecule has 0 bridgehead atoms. The molecule has 2 amide bonds. The summed E-state index contributed by atoms with van der Waals surface area (Å²) >= 11 is 0. The Kier molecular flexibility index (Phi) is 11.9. The van der Waals surface area contributed by atoms with Crippen LogP contribution in [-0.2, 0) is 9.53 Å². The lowest BCUT2D eigenvalue weighted by Crippen LogP contribution is -2.63. The van der Waals surface area contributed by atoms with E-state index in [-0.39, 0.29) is 47.9 Å². The van der Waals surface area contributed by atoms with Crippen LogP contribution in [0.25, 0.3) is 0 Å². The van der Waals surface area contributed by atoms with Crippen LogP contribution in [-0.4, -0.2) is 85.2 Å². The third-order valence-electron chi connectivity index (χ3n) is 5.36. The van der Waals surface area contributed by atoms with E-state index in [0.29, 0.717) is 13.1 Å². The molecule has 0 radical (unpaired) electrons. The van der Waals surface area contributed by atoms with E-state index in [1.165, 1.54) is 0 Å². The van der Waals surface area contributed by atoms with Crippen LogP contribution in [0.2, 0.25) is 0 Å². The number of aliphatic imine (C=N–C) groups is 1. The number of ether oxygens (including phenoxy) is 1. The molecule has 0 spiro atoms. The molecule has 0 unspecified atom stereocenters. The summed E-state index contributed by atoms with van der Waals surface area (Å²) in [7, 11) is 0. The quantitative estimate of drug-likeness (QED) is 0.183. The molecular weight excluding hydrogens is 511 g/mol. The highest BCUT2D eigenvalue weighted by atomic mass is 127. The van der Waals surface area contributed by atoms with E-state index in [1.807, 2.05) is 27.7 Å². The van der Waals surface area contributed by atoms with Gasteiger partial charge in [-0.25, -0.2) is 4.79 Å². The van der Waals surface area contributed by atoms with Gasteiger partial charge in [0.25, 0.3) is 0 Å². The molecule has 0 aromatic heterocycles. The molecule has 2 aliphatic rings. The van der Waals surface area contributed by atoms with Crippen molar-refractivity contribution in [2.45, 2.75) is 65.0 Å². The van der Waals surface area contributed by atoms with Crippen LogP contribution in [0.3, 0.4) is 0 Å². The van der Waals surface area contributed by atoms with Crippen molar-refractivity contribution in [1.29, 1.82) is 0 Å². The first-order valence-corrected chi connectivity index (χ1v) is 11.2. The Hall–Kier alpha value is -1.30. The van der Waals surface area contributed by atoms with Gasteiger partial charge in [-0.15, -0.1) is 24.0 Å². The van der Waals surface area contributed by atoms with E-state index in [4.69, 9.17) is 10.5 Å². The molecule has 0 aromatic rings. The average molecular weight is 553 g/mol. The molecule has 4 N–H and O–H groups in total. The van der Waals surface area contributed by atoms with E-state index < -0.39 is 5.60 Å². The maximum Gasteiger partial charge on any atom is 0.410 e. The van der Waals surface area contributed by atoms with Gasteiger partial charge in [0.1, 0.15) is 5.60 Å². The number of primary amides is 1. The Labute approximate surface area is 203 Å². The SMILES string of the molecule is CCNC(=NCCCCN1CCC(C(N)=O)CC1)NC1CN(C(=O)OC(C)(C)C)C1.I. The van der Waals surface area contributed by atoms with Gasteiger partial charge in [0, 0.05) is 32.1 Å². The second-order valence-corrected chi connectivity index (χ2v) is 9.21. The molecule has 31 heavy (non-hydrogen) atoms. The van der Waals surface area contributed by atoms with Gasteiger partial charge in [0.05, 0.1) is 6.04 Å². The lowest BCUT2D eigenvalue weighted by molar-refractivity contribution is -0.123. The molecule has 2 rings (SSSR count). The highest BCUT2D eigenvalue weighted by molar-refractivity contribution is 14.0. The first-order valence-electron chi connectivity index (χ1n) is 11.2. The van der Waals surface area contributed by atoms with Crippen LogP contribution in [0.4, 0.5) is 4.79 Å². The molecule has 9 nitrogen and oxygen atoms in total. The zero-order valence-corrected chi connectivity index (χ0v) is 21.8. The molecular formula is C21H41IN6O3. The number of likely N-dealkylation sites (tertiary alicyclic amines) is 2. The maximum absolute atomic E-state index is 12.0. The van der Waals surface area contributed by atoms with E-state index >= 15 is 0 Å². The van der Waals surface area contributed by atoms with Gasteiger partial charge < -0.3 is 30.9 Å². The maximum atomic E-state index is 12.0. The first-order chi connectivity index (χ1) is 14.2. The van der Waals surface area contributed by atoms with Gasteiger partial charge >= 0.3 is 6.09 Å². The van der Waals surface area contributed by atoms with E-state index in [0.717, 1.165) is 64.4 Å². The number of amides is 2. The summed E-state index contributed by atoms with van der Waals surface area (Å²) in [5, 5.41) is 6.66. The van der Waals surface area contributed by atoms with E-state index in [9.17, 15) is 9.59 Å². The molecule has 2 aliphatic heterocycles. The molecule has 0 aliphatic carbocycles. The minimum Gasteiger partial charge on any atom is -0.444 e. The topological polar surface area (TPSA) is 112 Å². The summed E-state index contributed by atoms with van der Waals surface area (Å²) in [6, 6.07) is 0.196. The van der Waals surface area contributed by atoms with Crippen LogP contribution < -0.4 is 16.4 Å². The molecule has 0 atom stereocenters. The van der Waals surface area contributed by atoms with Crippen LogP contribution in [0, 0.1) is 5.92 Å². The molecule has 0 aromatic carbocycles. The predicted molar refractivity (Wildman–Crippen MR) is 134 cm³/mol. The predicted octanol–water partition coefficient (Wildman–Crippen LogP) is 1.76. The van der Waals surface area contributed by atoms with Gasteiger partial charge in [0.2, 0.25) is 5.91 Å². The Balaban J connectivity index is 0.00000480. The number of nitrogens with zero attached hydrogens (tertiary/aromatic N) is 3. The second kappa shape index (κ2) is 13.3. The monoisotopic (exact) mass is 552 g/mol. The number of carbonyl (C=O) groups excluding carboxylic acids is 2. The van der Waals surface area contributed by atoms with Crippen molar-refractivity contribution in [3.8, 4) is 0 Å². The summed E-state index contributed by atoms with van der Waals surface area (Å²) < 4.78 is 5.39. The largest absolute Gasteiger partial charge is 0.444 e. The third-order valence-corrected chi connectivity index (χ3v) is 5.36. The van der Waals surface area contributed by atoms with Crippen LogP contribution in [0.5, 0.6) is 0 Å². The molecule has 2 saturated heterocycles. The van der Waals surface area contributed by atoms with Crippen molar-refractivity contribution in [2.75, 3.05) is 45.8 Å². The Morgan fingerprint density at radius 3 is 2.35 bits per heavy atom. The number of guanidine groups is 1. The van der Waals surface area contributed by atoms with Gasteiger partial charge in [0.15, 0.2) is 5.96 Å². The lowest BCUT2D eigenvalue weighted by atomic mass is 9.96. The number of nitrogens with one attached hydrogen (secondary N) is 2. The van der Waals surface area contributed by atoms with Gasteiger partial charge in [-0.3, -0.25) is 9.79 Å². The Morgan fingerprint density at radius 2 is 1.81 bits per heavy atom. The Morgan fingerprint density at radius 1 is 1.16 bits per heavy atom. The first kappa shape index (κ1) is 27.7. The Bertz CT molecular complexity index is 596. The number of unbranched alkanes of at least 4 members (excludes halogenated alkanes) is 1. The fourth-order valence-electron chi connectivity index (χ4n) is 3.64. The average Bonchev–Trinajstić information content (AvgIpc) is 2.62. The molecule has 2 heterocycles. The number of piperidine rings is 1. The van der Waals surface area contributed by atoms with Crippen molar-refractivity contribution < 1.29 is 14.3 Å². The minimum atomic E-state index is -0.469. The van der Waals surface area contributed by atoms with Crippen molar-refractivity contribution >= 4 is 41.9 Å². The summed E-state index contributed by atoms with van der Waals surface area (Å²) in [4.78, 5) is 32.0. The van der Waals surface area contributed by atoms with E-state index in [1.54, 1.807) is 4.90 Å². The van der Waals surface area contributed by atoms with Crippen LogP contribution in [0.15, 0.2) is 4.99 Å². The number of hydrogen-bond acceptors (Lipinski definition) is 5. The standard InChI is InChI=1S/C21H40N6O3.HI/c1-5-23-19(25-17-14-27(15-17)20(29)30-21(2,3)4)24-10-6-7-11-26-12-8-16(9-13-26)18(22)28;/h16-17H,5-15H2,1-4H3,(H2,22,28)(H2,23,24,25);1H. The fraction of sp³-hybridized carbons (Fsp3) is 0.857. The van der Waals surface area contributed by atoms with Gasteiger partial charge in [-0.1, -0.05) is 0 Å². The summed E-state index contributed by atoms with van der Waals surface area (Å²) in [6.07, 6.45) is 3.59. The zero-order chi connectivity index (χ0) is 22.1. The fourth-order valence-corrected chi connectivity index (χ4v) is 3.64. The summed E-state index contributed by atoms with van der Waals surface area (Å²) in [6.45, 7) is 13.4.